The van der Waals surface area contributed by atoms with Gasteiger partial charge >= 0.3 is 6.03 Å². The van der Waals surface area contributed by atoms with Crippen LogP contribution >= 0.6 is 15.9 Å². The first kappa shape index (κ1) is 14.3. The molecule has 0 fully saturated rings. The smallest absolute Gasteiger partial charge is 0.314 e. The predicted octanol–water partition coefficient (Wildman–Crippen LogP) is 4.55. The van der Waals surface area contributed by atoms with Gasteiger partial charge < -0.3 is 10.6 Å². The van der Waals surface area contributed by atoms with Gasteiger partial charge in [0.15, 0.2) is 0 Å². The van der Waals surface area contributed by atoms with Gasteiger partial charge in [0.25, 0.3) is 0 Å². The molecule has 0 heterocycles. The van der Waals surface area contributed by atoms with Crippen molar-refractivity contribution in [1.82, 2.24) is 5.32 Å². The van der Waals surface area contributed by atoms with E-state index in [4.69, 9.17) is 0 Å². The third kappa shape index (κ3) is 4.24. The molecule has 2 amide bonds. The molecule has 0 spiro atoms. The van der Waals surface area contributed by atoms with Crippen LogP contribution in [0.15, 0.2) is 59.2 Å². The molecular weight excluding hydrogens is 316 g/mol. The van der Waals surface area contributed by atoms with Gasteiger partial charge in [0.2, 0.25) is 0 Å². The fourth-order valence-corrected chi connectivity index (χ4v) is 2.18. The summed E-state index contributed by atoms with van der Waals surface area (Å²) in [5.41, 5.74) is 2.83. The number of rotatable bonds is 3. The number of carbonyl (C=O) groups excluding carboxylic acids is 1. The van der Waals surface area contributed by atoms with Gasteiger partial charge in [0.1, 0.15) is 0 Å². The highest BCUT2D eigenvalue weighted by Gasteiger charge is 2.02. The molecular formula is C16H15BrN2O. The van der Waals surface area contributed by atoms with Crippen LogP contribution in [0.5, 0.6) is 0 Å². The molecule has 0 aromatic heterocycles. The van der Waals surface area contributed by atoms with E-state index in [0.717, 1.165) is 21.3 Å². The maximum atomic E-state index is 11.8. The molecule has 2 aromatic carbocycles. The van der Waals surface area contributed by atoms with Crippen molar-refractivity contribution >= 4 is 33.7 Å². The molecule has 3 nitrogen and oxygen atoms in total. The fraction of sp³-hybridized carbons (Fsp3) is 0.0625. The minimum atomic E-state index is -0.261. The lowest BCUT2D eigenvalue weighted by Crippen LogP contribution is -2.24. The lowest BCUT2D eigenvalue weighted by molar-refractivity contribution is 0.255. The molecule has 2 aromatic rings. The standard InChI is InChI=1S/C16H15BrN2O/c1-12-11-14(17)7-8-15(12)19-16(20)18-10-9-13-5-3-2-4-6-13/h2-11H,1H3,(H2,18,19,20)/b10-9+. The molecule has 0 saturated carbocycles. The summed E-state index contributed by atoms with van der Waals surface area (Å²) in [6.07, 6.45) is 3.47. The molecule has 102 valence electrons. The summed E-state index contributed by atoms with van der Waals surface area (Å²) in [5.74, 6) is 0. The van der Waals surface area contributed by atoms with Crippen molar-refractivity contribution in [3.63, 3.8) is 0 Å². The topological polar surface area (TPSA) is 41.1 Å². The maximum Gasteiger partial charge on any atom is 0.323 e. The van der Waals surface area contributed by atoms with Gasteiger partial charge in [-0.25, -0.2) is 4.79 Å². The van der Waals surface area contributed by atoms with E-state index < -0.39 is 0 Å². The van der Waals surface area contributed by atoms with Crippen LogP contribution in [-0.4, -0.2) is 6.03 Å². The van der Waals surface area contributed by atoms with E-state index in [2.05, 4.69) is 26.6 Å². The van der Waals surface area contributed by atoms with Crippen LogP contribution in [-0.2, 0) is 0 Å². The predicted molar refractivity (Wildman–Crippen MR) is 86.5 cm³/mol. The van der Waals surface area contributed by atoms with Gasteiger partial charge in [-0.15, -0.1) is 0 Å². The minimum absolute atomic E-state index is 0.261. The first-order valence-electron chi connectivity index (χ1n) is 6.20. The Morgan fingerprint density at radius 3 is 2.60 bits per heavy atom. The highest BCUT2D eigenvalue weighted by atomic mass is 79.9. The second kappa shape index (κ2) is 6.91. The van der Waals surface area contributed by atoms with Gasteiger partial charge in [-0.3, -0.25) is 0 Å². The van der Waals surface area contributed by atoms with Gasteiger partial charge in [0, 0.05) is 16.4 Å². The van der Waals surface area contributed by atoms with Crippen molar-refractivity contribution < 1.29 is 4.79 Å². The Hall–Kier alpha value is -2.07. The van der Waals surface area contributed by atoms with E-state index in [9.17, 15) is 4.79 Å². The zero-order valence-corrected chi connectivity index (χ0v) is 12.6. The number of aryl methyl sites for hydroxylation is 1. The van der Waals surface area contributed by atoms with E-state index in [1.807, 2.05) is 61.5 Å². The van der Waals surface area contributed by atoms with Crippen molar-refractivity contribution in [2.45, 2.75) is 6.92 Å². The van der Waals surface area contributed by atoms with E-state index in [1.165, 1.54) is 0 Å². The third-order valence-corrected chi connectivity index (χ3v) is 3.22. The molecule has 0 bridgehead atoms. The molecule has 0 radical (unpaired) electrons. The molecule has 0 aliphatic heterocycles. The van der Waals surface area contributed by atoms with Crippen LogP contribution in [0.2, 0.25) is 0 Å². The zero-order valence-electron chi connectivity index (χ0n) is 11.1. The average Bonchev–Trinajstić information content (AvgIpc) is 2.43. The number of urea groups is 1. The number of carbonyl (C=O) groups is 1. The Balaban J connectivity index is 1.91. The lowest BCUT2D eigenvalue weighted by atomic mass is 10.2. The maximum absolute atomic E-state index is 11.8. The molecule has 4 heteroatoms. The molecule has 2 N–H and O–H groups in total. The molecule has 0 saturated heterocycles. The van der Waals surface area contributed by atoms with Gasteiger partial charge in [-0.1, -0.05) is 46.3 Å². The Kier molecular flexibility index (Phi) is 4.96. The number of nitrogens with one attached hydrogen (secondary N) is 2. The number of benzene rings is 2. The summed E-state index contributed by atoms with van der Waals surface area (Å²) in [6, 6.07) is 15.2. The van der Waals surface area contributed by atoms with Gasteiger partial charge in [-0.05, 0) is 42.3 Å². The van der Waals surface area contributed by atoms with Gasteiger partial charge in [0.05, 0.1) is 0 Å². The Labute approximate surface area is 126 Å². The summed E-state index contributed by atoms with van der Waals surface area (Å²) in [7, 11) is 0. The summed E-state index contributed by atoms with van der Waals surface area (Å²) in [5, 5.41) is 5.48. The fourth-order valence-electron chi connectivity index (χ4n) is 1.70. The minimum Gasteiger partial charge on any atom is -0.314 e. The highest BCUT2D eigenvalue weighted by Crippen LogP contribution is 2.19. The van der Waals surface area contributed by atoms with Crippen molar-refractivity contribution in [3.8, 4) is 0 Å². The number of hydrogen-bond donors (Lipinski definition) is 2. The van der Waals surface area contributed by atoms with Crippen LogP contribution in [0.25, 0.3) is 6.08 Å². The van der Waals surface area contributed by atoms with Crippen molar-refractivity contribution in [2.24, 2.45) is 0 Å². The summed E-state index contributed by atoms with van der Waals surface area (Å²) in [4.78, 5) is 11.8. The highest BCUT2D eigenvalue weighted by molar-refractivity contribution is 9.10. The van der Waals surface area contributed by atoms with Crippen LogP contribution < -0.4 is 10.6 Å². The number of hydrogen-bond acceptors (Lipinski definition) is 1. The van der Waals surface area contributed by atoms with Gasteiger partial charge in [-0.2, -0.15) is 0 Å². The largest absolute Gasteiger partial charge is 0.323 e. The molecule has 0 unspecified atom stereocenters. The average molecular weight is 331 g/mol. The molecule has 20 heavy (non-hydrogen) atoms. The van der Waals surface area contributed by atoms with E-state index >= 15 is 0 Å². The molecule has 2 rings (SSSR count). The molecule has 0 aliphatic carbocycles. The quantitative estimate of drug-likeness (QED) is 0.851. The first-order valence-corrected chi connectivity index (χ1v) is 7.00. The first-order chi connectivity index (χ1) is 9.65. The summed E-state index contributed by atoms with van der Waals surface area (Å²) >= 11 is 3.39. The molecule has 0 atom stereocenters. The summed E-state index contributed by atoms with van der Waals surface area (Å²) in [6.45, 7) is 1.94. The summed E-state index contributed by atoms with van der Waals surface area (Å²) < 4.78 is 0.991. The van der Waals surface area contributed by atoms with Crippen molar-refractivity contribution in [3.05, 3.63) is 70.3 Å². The second-order valence-corrected chi connectivity index (χ2v) is 5.22. The normalized spacial score (nSPS) is 10.5. The Morgan fingerprint density at radius 1 is 1.15 bits per heavy atom. The van der Waals surface area contributed by atoms with E-state index in [-0.39, 0.29) is 6.03 Å². The van der Waals surface area contributed by atoms with Crippen LogP contribution in [0.4, 0.5) is 10.5 Å². The monoisotopic (exact) mass is 330 g/mol. The number of anilines is 1. The van der Waals surface area contributed by atoms with Crippen molar-refractivity contribution in [2.75, 3.05) is 5.32 Å². The van der Waals surface area contributed by atoms with E-state index in [1.54, 1.807) is 6.20 Å². The lowest BCUT2D eigenvalue weighted by Gasteiger charge is -2.08. The Bertz CT molecular complexity index is 624. The second-order valence-electron chi connectivity index (χ2n) is 4.30. The van der Waals surface area contributed by atoms with Crippen LogP contribution in [0.3, 0.4) is 0 Å². The molecule has 0 aliphatic rings. The van der Waals surface area contributed by atoms with Crippen LogP contribution in [0.1, 0.15) is 11.1 Å². The Morgan fingerprint density at radius 2 is 1.90 bits per heavy atom. The number of halogens is 1. The number of amides is 2. The van der Waals surface area contributed by atoms with E-state index in [0.29, 0.717) is 0 Å². The SMILES string of the molecule is Cc1cc(Br)ccc1NC(=O)N/C=C/c1ccccc1. The van der Waals surface area contributed by atoms with Crippen molar-refractivity contribution in [1.29, 1.82) is 0 Å². The third-order valence-electron chi connectivity index (χ3n) is 2.73. The zero-order chi connectivity index (χ0) is 14.4. The van der Waals surface area contributed by atoms with Crippen LogP contribution in [0, 0.1) is 6.92 Å².